The van der Waals surface area contributed by atoms with E-state index in [0.29, 0.717) is 12.1 Å². The SMILES string of the molecule is CCN(CC)CCCN1C(=O)C(=O)C(=C(O)c2ccc(C)cc2)[C@@H]1c1cccs1. The van der Waals surface area contributed by atoms with Gasteiger partial charge in [-0.2, -0.15) is 0 Å². The van der Waals surface area contributed by atoms with Gasteiger partial charge in [-0.05, 0) is 44.4 Å². The smallest absolute Gasteiger partial charge is 0.295 e. The molecule has 1 aromatic carbocycles. The first-order chi connectivity index (χ1) is 14.0. The van der Waals surface area contributed by atoms with Crippen LogP contribution in [-0.2, 0) is 9.59 Å². The Morgan fingerprint density at radius 2 is 1.83 bits per heavy atom. The van der Waals surface area contributed by atoms with Crippen LogP contribution in [0.25, 0.3) is 5.76 Å². The van der Waals surface area contributed by atoms with Crippen LogP contribution in [0.1, 0.15) is 42.3 Å². The zero-order valence-electron chi connectivity index (χ0n) is 17.2. The Hall–Kier alpha value is -2.44. The normalized spacial score (nSPS) is 18.8. The molecular formula is C23H28N2O3S. The summed E-state index contributed by atoms with van der Waals surface area (Å²) in [6, 6.07) is 10.6. The summed E-state index contributed by atoms with van der Waals surface area (Å²) in [4.78, 5) is 30.6. The van der Waals surface area contributed by atoms with Crippen LogP contribution in [0, 0.1) is 6.92 Å². The molecule has 0 unspecified atom stereocenters. The van der Waals surface area contributed by atoms with Gasteiger partial charge in [0.05, 0.1) is 11.6 Å². The zero-order chi connectivity index (χ0) is 21.0. The number of ketones is 1. The molecule has 1 amide bonds. The van der Waals surface area contributed by atoms with E-state index in [1.807, 2.05) is 36.6 Å². The van der Waals surface area contributed by atoms with E-state index in [1.54, 1.807) is 17.0 Å². The second kappa shape index (κ2) is 9.37. The second-order valence-corrected chi connectivity index (χ2v) is 8.23. The fraction of sp³-hybridized carbons (Fsp3) is 0.391. The molecule has 154 valence electrons. The van der Waals surface area contributed by atoms with Gasteiger partial charge in [0.25, 0.3) is 11.7 Å². The van der Waals surface area contributed by atoms with Crippen LogP contribution in [-0.4, -0.2) is 52.8 Å². The summed E-state index contributed by atoms with van der Waals surface area (Å²) in [5.41, 5.74) is 1.80. The van der Waals surface area contributed by atoms with Gasteiger partial charge in [-0.3, -0.25) is 9.59 Å². The maximum Gasteiger partial charge on any atom is 0.295 e. The summed E-state index contributed by atoms with van der Waals surface area (Å²) in [6.45, 7) is 9.45. The minimum atomic E-state index is -0.607. The molecule has 1 fully saturated rings. The number of carbonyl (C=O) groups excluding carboxylic acids is 2. The van der Waals surface area contributed by atoms with E-state index in [-0.39, 0.29) is 11.3 Å². The quantitative estimate of drug-likeness (QED) is 0.401. The van der Waals surface area contributed by atoms with Crippen LogP contribution < -0.4 is 0 Å². The standard InChI is InChI=1S/C23H28N2O3S/c1-4-24(5-2)13-7-14-25-20(18-8-6-15-29-18)19(22(27)23(25)28)21(26)17-11-9-16(3)10-12-17/h6,8-12,15,20,26H,4-5,7,13-14H2,1-3H3/t20-/m0/s1. The minimum absolute atomic E-state index is 0.104. The molecule has 6 heteroatoms. The van der Waals surface area contributed by atoms with Crippen molar-refractivity contribution in [2.75, 3.05) is 26.2 Å². The zero-order valence-corrected chi connectivity index (χ0v) is 18.0. The van der Waals surface area contributed by atoms with E-state index in [1.165, 1.54) is 11.3 Å². The first-order valence-electron chi connectivity index (χ1n) is 10.1. The van der Waals surface area contributed by atoms with Crippen LogP contribution in [0.2, 0.25) is 0 Å². The van der Waals surface area contributed by atoms with Gasteiger partial charge in [0.2, 0.25) is 0 Å². The number of Topliss-reactive ketones (excluding diaryl/α,β-unsaturated/α-hetero) is 1. The lowest BCUT2D eigenvalue weighted by molar-refractivity contribution is -0.139. The molecule has 1 aliphatic rings. The van der Waals surface area contributed by atoms with Crippen molar-refractivity contribution in [1.82, 2.24) is 9.80 Å². The van der Waals surface area contributed by atoms with Gasteiger partial charge in [0.1, 0.15) is 5.76 Å². The largest absolute Gasteiger partial charge is 0.507 e. The molecule has 29 heavy (non-hydrogen) atoms. The first kappa shape index (κ1) is 21.3. The third-order valence-electron chi connectivity index (χ3n) is 5.45. The maximum atomic E-state index is 12.9. The number of benzene rings is 1. The van der Waals surface area contributed by atoms with Crippen molar-refractivity contribution in [1.29, 1.82) is 0 Å². The van der Waals surface area contributed by atoms with Crippen LogP contribution in [0.3, 0.4) is 0 Å². The number of hydrogen-bond acceptors (Lipinski definition) is 5. The van der Waals surface area contributed by atoms with E-state index in [2.05, 4.69) is 18.7 Å². The molecule has 1 atom stereocenters. The number of rotatable bonds is 8. The van der Waals surface area contributed by atoms with E-state index in [9.17, 15) is 14.7 Å². The predicted octanol–water partition coefficient (Wildman–Crippen LogP) is 4.21. The van der Waals surface area contributed by atoms with Crippen molar-refractivity contribution in [3.63, 3.8) is 0 Å². The lowest BCUT2D eigenvalue weighted by atomic mass is 9.99. The van der Waals surface area contributed by atoms with E-state index in [4.69, 9.17) is 0 Å². The topological polar surface area (TPSA) is 60.9 Å². The maximum absolute atomic E-state index is 12.9. The molecule has 0 aliphatic carbocycles. The number of aryl methyl sites for hydroxylation is 1. The summed E-state index contributed by atoms with van der Waals surface area (Å²) >= 11 is 1.49. The van der Waals surface area contributed by atoms with E-state index in [0.717, 1.165) is 36.5 Å². The Morgan fingerprint density at radius 1 is 1.14 bits per heavy atom. The van der Waals surface area contributed by atoms with Crippen molar-refractivity contribution in [3.8, 4) is 0 Å². The lowest BCUT2D eigenvalue weighted by Crippen LogP contribution is -2.33. The molecule has 3 rings (SSSR count). The number of amides is 1. The highest BCUT2D eigenvalue weighted by molar-refractivity contribution is 7.10. The molecule has 0 spiro atoms. The van der Waals surface area contributed by atoms with Crippen LogP contribution in [0.4, 0.5) is 0 Å². The summed E-state index contributed by atoms with van der Waals surface area (Å²) in [5, 5.41) is 12.9. The molecule has 1 N–H and O–H groups in total. The third kappa shape index (κ3) is 4.43. The van der Waals surface area contributed by atoms with Gasteiger partial charge >= 0.3 is 0 Å². The fourth-order valence-corrected chi connectivity index (χ4v) is 4.57. The van der Waals surface area contributed by atoms with E-state index >= 15 is 0 Å². The second-order valence-electron chi connectivity index (χ2n) is 7.25. The van der Waals surface area contributed by atoms with Gasteiger partial charge < -0.3 is 14.9 Å². The van der Waals surface area contributed by atoms with Crippen LogP contribution in [0.15, 0.2) is 47.4 Å². The van der Waals surface area contributed by atoms with Crippen LogP contribution in [0.5, 0.6) is 0 Å². The molecule has 2 heterocycles. The molecule has 2 aromatic rings. The molecular weight excluding hydrogens is 384 g/mol. The number of likely N-dealkylation sites (tertiary alicyclic amines) is 1. The van der Waals surface area contributed by atoms with Gasteiger partial charge in [-0.15, -0.1) is 11.3 Å². The Bertz CT molecular complexity index is 883. The Morgan fingerprint density at radius 3 is 2.41 bits per heavy atom. The number of aliphatic hydroxyl groups excluding tert-OH is 1. The molecule has 0 radical (unpaired) electrons. The van der Waals surface area contributed by atoms with Gasteiger partial charge in [0, 0.05) is 17.0 Å². The highest BCUT2D eigenvalue weighted by Gasteiger charge is 2.46. The molecule has 0 bridgehead atoms. The van der Waals surface area contributed by atoms with Crippen molar-refractivity contribution in [3.05, 3.63) is 63.4 Å². The predicted molar refractivity (Wildman–Crippen MR) is 117 cm³/mol. The van der Waals surface area contributed by atoms with E-state index < -0.39 is 17.7 Å². The lowest BCUT2D eigenvalue weighted by Gasteiger charge is -2.25. The van der Waals surface area contributed by atoms with Crippen molar-refractivity contribution >= 4 is 28.8 Å². The molecule has 1 saturated heterocycles. The molecule has 1 aliphatic heterocycles. The summed E-state index contributed by atoms with van der Waals surface area (Å²) < 4.78 is 0. The molecule has 1 aromatic heterocycles. The average Bonchev–Trinajstić information content (AvgIpc) is 3.33. The monoisotopic (exact) mass is 412 g/mol. The van der Waals surface area contributed by atoms with Gasteiger partial charge in [0.15, 0.2) is 0 Å². The van der Waals surface area contributed by atoms with Gasteiger partial charge in [-0.25, -0.2) is 0 Å². The summed E-state index contributed by atoms with van der Waals surface area (Å²) in [5.74, 6) is -1.24. The number of nitrogens with zero attached hydrogens (tertiary/aromatic N) is 2. The molecule has 5 nitrogen and oxygen atoms in total. The van der Waals surface area contributed by atoms with Crippen LogP contribution >= 0.6 is 11.3 Å². The number of carbonyl (C=O) groups is 2. The number of aliphatic hydroxyl groups is 1. The number of hydrogen-bond donors (Lipinski definition) is 1. The summed E-state index contributed by atoms with van der Waals surface area (Å²) in [6.07, 6.45) is 0.779. The Labute approximate surface area is 176 Å². The first-order valence-corrected chi connectivity index (χ1v) is 11.0. The highest BCUT2D eigenvalue weighted by Crippen LogP contribution is 2.41. The van der Waals surface area contributed by atoms with Crippen molar-refractivity contribution in [2.24, 2.45) is 0 Å². The van der Waals surface area contributed by atoms with Crippen molar-refractivity contribution in [2.45, 2.75) is 33.2 Å². The fourth-order valence-electron chi connectivity index (χ4n) is 3.72. The Kier molecular flexibility index (Phi) is 6.87. The van der Waals surface area contributed by atoms with Crippen molar-refractivity contribution < 1.29 is 14.7 Å². The van der Waals surface area contributed by atoms with Gasteiger partial charge in [-0.1, -0.05) is 49.7 Å². The Balaban J connectivity index is 1.95. The minimum Gasteiger partial charge on any atom is -0.507 e. The third-order valence-corrected chi connectivity index (χ3v) is 6.37. The molecule has 0 saturated carbocycles. The highest BCUT2D eigenvalue weighted by atomic mass is 32.1. The number of thiophene rings is 1. The average molecular weight is 413 g/mol. The summed E-state index contributed by atoms with van der Waals surface area (Å²) in [7, 11) is 0.